The lowest BCUT2D eigenvalue weighted by Crippen LogP contribution is -2.45. The molecule has 0 bridgehead atoms. The molecule has 0 aromatic heterocycles. The third-order valence-corrected chi connectivity index (χ3v) is 4.16. The summed E-state index contributed by atoms with van der Waals surface area (Å²) in [7, 11) is -2.77. The highest BCUT2D eigenvalue weighted by Gasteiger charge is 2.24. The first-order chi connectivity index (χ1) is 6.05. The van der Waals surface area contributed by atoms with Gasteiger partial charge in [-0.1, -0.05) is 0 Å². The molecule has 1 unspecified atom stereocenters. The Balaban J connectivity index is 2.40. The molecule has 1 N–H and O–H groups in total. The van der Waals surface area contributed by atoms with Crippen LogP contribution in [-0.2, 0) is 9.84 Å². The maximum atomic E-state index is 11.1. The van der Waals surface area contributed by atoms with Gasteiger partial charge in [-0.3, -0.25) is 4.90 Å². The van der Waals surface area contributed by atoms with Crippen molar-refractivity contribution < 1.29 is 13.5 Å². The number of aliphatic hydroxyl groups is 1. The number of nitrogens with zero attached hydrogens (tertiary/aromatic N) is 1. The van der Waals surface area contributed by atoms with Crippen LogP contribution in [0.1, 0.15) is 13.3 Å². The smallest absolute Gasteiger partial charge is 0.152 e. The molecular weight excluding hydrogens is 190 g/mol. The maximum Gasteiger partial charge on any atom is 0.152 e. The fraction of sp³-hybridized carbons (Fsp3) is 1.00. The average molecular weight is 207 g/mol. The van der Waals surface area contributed by atoms with Gasteiger partial charge in [0.15, 0.2) is 9.84 Å². The van der Waals surface area contributed by atoms with Crippen LogP contribution in [0.25, 0.3) is 0 Å². The highest BCUT2D eigenvalue weighted by atomic mass is 32.2. The SMILES string of the molecule is CC(CCO)N1CCS(=O)(=O)CC1. The standard InChI is InChI=1S/C8H17NO3S/c1-8(2-5-10)9-3-6-13(11,12)7-4-9/h8,10H,2-7H2,1H3. The van der Waals surface area contributed by atoms with E-state index in [0.717, 1.165) is 6.42 Å². The van der Waals surface area contributed by atoms with Gasteiger partial charge < -0.3 is 5.11 Å². The van der Waals surface area contributed by atoms with E-state index >= 15 is 0 Å². The Hall–Kier alpha value is -0.130. The molecular formula is C8H17NO3S. The van der Waals surface area contributed by atoms with Crippen LogP contribution in [0.2, 0.25) is 0 Å². The van der Waals surface area contributed by atoms with E-state index in [1.165, 1.54) is 0 Å². The lowest BCUT2D eigenvalue weighted by atomic mass is 10.2. The van der Waals surface area contributed by atoms with Crippen molar-refractivity contribution in [2.45, 2.75) is 19.4 Å². The molecule has 13 heavy (non-hydrogen) atoms. The molecule has 0 amide bonds. The summed E-state index contributed by atoms with van der Waals surface area (Å²) in [5, 5.41) is 8.73. The number of hydrogen-bond acceptors (Lipinski definition) is 4. The van der Waals surface area contributed by atoms with Gasteiger partial charge in [-0.2, -0.15) is 0 Å². The molecule has 1 aliphatic rings. The van der Waals surface area contributed by atoms with Gasteiger partial charge in [0.1, 0.15) is 0 Å². The van der Waals surface area contributed by atoms with E-state index in [9.17, 15) is 8.42 Å². The Morgan fingerprint density at radius 3 is 2.38 bits per heavy atom. The largest absolute Gasteiger partial charge is 0.396 e. The number of sulfone groups is 1. The first-order valence-electron chi connectivity index (χ1n) is 4.60. The molecule has 0 spiro atoms. The maximum absolute atomic E-state index is 11.1. The molecule has 0 saturated carbocycles. The lowest BCUT2D eigenvalue weighted by Gasteiger charge is -2.31. The summed E-state index contributed by atoms with van der Waals surface area (Å²) < 4.78 is 22.2. The van der Waals surface area contributed by atoms with Crippen LogP contribution in [0.15, 0.2) is 0 Å². The van der Waals surface area contributed by atoms with Crippen LogP contribution < -0.4 is 0 Å². The van der Waals surface area contributed by atoms with Crippen LogP contribution >= 0.6 is 0 Å². The second kappa shape index (κ2) is 4.39. The summed E-state index contributed by atoms with van der Waals surface area (Å²) in [5.41, 5.74) is 0. The van der Waals surface area contributed by atoms with Crippen molar-refractivity contribution >= 4 is 9.84 Å². The predicted octanol–water partition coefficient (Wildman–Crippen LogP) is -0.512. The van der Waals surface area contributed by atoms with Gasteiger partial charge in [0.05, 0.1) is 11.5 Å². The Morgan fingerprint density at radius 2 is 1.92 bits per heavy atom. The zero-order chi connectivity index (χ0) is 9.90. The van der Waals surface area contributed by atoms with E-state index in [0.29, 0.717) is 19.1 Å². The van der Waals surface area contributed by atoms with E-state index in [4.69, 9.17) is 5.11 Å². The molecule has 0 aromatic rings. The van der Waals surface area contributed by atoms with Gasteiger partial charge in [0.2, 0.25) is 0 Å². The summed E-state index contributed by atoms with van der Waals surface area (Å²) in [6.45, 7) is 3.42. The summed E-state index contributed by atoms with van der Waals surface area (Å²) >= 11 is 0. The van der Waals surface area contributed by atoms with Crippen LogP contribution in [-0.4, -0.2) is 55.7 Å². The van der Waals surface area contributed by atoms with Gasteiger partial charge in [-0.25, -0.2) is 8.42 Å². The van der Waals surface area contributed by atoms with Crippen LogP contribution in [0, 0.1) is 0 Å². The molecule has 1 heterocycles. The van der Waals surface area contributed by atoms with E-state index in [-0.39, 0.29) is 18.1 Å². The first-order valence-corrected chi connectivity index (χ1v) is 6.42. The lowest BCUT2D eigenvalue weighted by molar-refractivity contribution is 0.178. The Labute approximate surface area is 79.5 Å². The van der Waals surface area contributed by atoms with E-state index in [1.54, 1.807) is 0 Å². The van der Waals surface area contributed by atoms with E-state index < -0.39 is 9.84 Å². The Bertz CT molecular complexity index is 236. The molecule has 78 valence electrons. The second-order valence-electron chi connectivity index (χ2n) is 3.55. The zero-order valence-corrected chi connectivity index (χ0v) is 8.76. The Kier molecular flexibility index (Phi) is 3.70. The van der Waals surface area contributed by atoms with Crippen LogP contribution in [0.3, 0.4) is 0 Å². The summed E-state index contributed by atoms with van der Waals surface area (Å²) in [4.78, 5) is 2.12. The summed E-state index contributed by atoms with van der Waals surface area (Å²) in [6.07, 6.45) is 0.722. The minimum atomic E-state index is -2.77. The highest BCUT2D eigenvalue weighted by Crippen LogP contribution is 2.09. The molecule has 1 atom stereocenters. The topological polar surface area (TPSA) is 57.6 Å². The van der Waals surface area contributed by atoms with Crippen LogP contribution in [0.4, 0.5) is 0 Å². The van der Waals surface area contributed by atoms with Crippen molar-refractivity contribution in [2.24, 2.45) is 0 Å². The van der Waals surface area contributed by atoms with Gasteiger partial charge >= 0.3 is 0 Å². The quantitative estimate of drug-likeness (QED) is 0.677. The molecule has 4 nitrogen and oxygen atoms in total. The van der Waals surface area contributed by atoms with Crippen molar-refractivity contribution in [3.63, 3.8) is 0 Å². The Morgan fingerprint density at radius 1 is 1.38 bits per heavy atom. The van der Waals surface area contributed by atoms with Gasteiger partial charge in [-0.15, -0.1) is 0 Å². The highest BCUT2D eigenvalue weighted by molar-refractivity contribution is 7.91. The normalized spacial score (nSPS) is 25.7. The number of hydrogen-bond donors (Lipinski definition) is 1. The molecule has 1 rings (SSSR count). The van der Waals surface area contributed by atoms with E-state index in [2.05, 4.69) is 4.90 Å². The van der Waals surface area contributed by atoms with E-state index in [1.807, 2.05) is 6.92 Å². The van der Waals surface area contributed by atoms with Crippen LogP contribution in [0.5, 0.6) is 0 Å². The fourth-order valence-electron chi connectivity index (χ4n) is 1.54. The minimum absolute atomic E-state index is 0.171. The van der Waals surface area contributed by atoms with Crippen molar-refractivity contribution in [1.29, 1.82) is 0 Å². The molecule has 1 fully saturated rings. The van der Waals surface area contributed by atoms with Crippen molar-refractivity contribution in [3.05, 3.63) is 0 Å². The van der Waals surface area contributed by atoms with Crippen molar-refractivity contribution in [1.82, 2.24) is 4.90 Å². The fourth-order valence-corrected chi connectivity index (χ4v) is 2.77. The molecule has 0 radical (unpaired) electrons. The van der Waals surface area contributed by atoms with Gasteiger partial charge in [0.25, 0.3) is 0 Å². The summed E-state index contributed by atoms with van der Waals surface area (Å²) in [6, 6.07) is 0.292. The molecule has 5 heteroatoms. The van der Waals surface area contributed by atoms with Crippen molar-refractivity contribution in [2.75, 3.05) is 31.2 Å². The third kappa shape index (κ3) is 3.25. The monoisotopic (exact) mass is 207 g/mol. The first kappa shape index (κ1) is 10.9. The zero-order valence-electron chi connectivity index (χ0n) is 7.94. The molecule has 1 saturated heterocycles. The number of rotatable bonds is 3. The second-order valence-corrected chi connectivity index (χ2v) is 5.85. The summed E-state index contributed by atoms with van der Waals surface area (Å²) in [5.74, 6) is 0.533. The minimum Gasteiger partial charge on any atom is -0.396 e. The van der Waals surface area contributed by atoms with Gasteiger partial charge in [-0.05, 0) is 13.3 Å². The predicted molar refractivity (Wildman–Crippen MR) is 51.4 cm³/mol. The molecule has 0 aromatic carbocycles. The molecule has 0 aliphatic carbocycles. The molecule has 1 aliphatic heterocycles. The number of aliphatic hydroxyl groups excluding tert-OH is 1. The third-order valence-electron chi connectivity index (χ3n) is 2.55. The average Bonchev–Trinajstić information content (AvgIpc) is 2.04. The van der Waals surface area contributed by atoms with Gasteiger partial charge in [0, 0.05) is 25.7 Å². The van der Waals surface area contributed by atoms with Crippen molar-refractivity contribution in [3.8, 4) is 0 Å².